The minimum atomic E-state index is 0.0204. The number of nitrogens with two attached hydrogens (primary N) is 1. The van der Waals surface area contributed by atoms with Gasteiger partial charge in [0.15, 0.2) is 0 Å². The van der Waals surface area contributed by atoms with Crippen molar-refractivity contribution in [2.45, 2.75) is 25.5 Å². The Morgan fingerprint density at radius 3 is 2.88 bits per heavy atom. The smallest absolute Gasteiger partial charge is 0.246 e. The van der Waals surface area contributed by atoms with Crippen molar-refractivity contribution in [3.8, 4) is 5.75 Å². The van der Waals surface area contributed by atoms with Crippen LogP contribution in [0.5, 0.6) is 5.75 Å². The number of carbonyl (C=O) groups excluding carboxylic acids is 1. The number of hydrogen-bond acceptors (Lipinski definition) is 4. The molecule has 0 aliphatic carbocycles. The third-order valence-electron chi connectivity index (χ3n) is 4.20. The van der Waals surface area contributed by atoms with Crippen LogP contribution in [0.4, 0.5) is 0 Å². The number of ether oxygens (including phenoxy) is 1. The van der Waals surface area contributed by atoms with Crippen molar-refractivity contribution >= 4 is 12.0 Å². The number of hydrogen-bond donors (Lipinski definition) is 1. The van der Waals surface area contributed by atoms with Crippen LogP contribution in [0, 0.1) is 0 Å². The zero-order valence-electron chi connectivity index (χ0n) is 14.2. The van der Waals surface area contributed by atoms with Crippen molar-refractivity contribution in [2.24, 2.45) is 5.73 Å². The lowest BCUT2D eigenvalue weighted by Gasteiger charge is -2.29. The summed E-state index contributed by atoms with van der Waals surface area (Å²) in [6.07, 6.45) is 8.94. The number of nitrogens with zero attached hydrogens (tertiary/aromatic N) is 2. The Bertz CT molecular complexity index is 713. The molecular weight excluding hydrogens is 314 g/mol. The van der Waals surface area contributed by atoms with E-state index in [2.05, 4.69) is 4.98 Å². The summed E-state index contributed by atoms with van der Waals surface area (Å²) < 4.78 is 5.73. The van der Waals surface area contributed by atoms with Gasteiger partial charge in [-0.3, -0.25) is 9.78 Å². The molecule has 0 spiro atoms. The summed E-state index contributed by atoms with van der Waals surface area (Å²) in [5.41, 5.74) is 7.91. The molecular formula is C20H23N3O2. The lowest BCUT2D eigenvalue weighted by Crippen LogP contribution is -2.45. The summed E-state index contributed by atoms with van der Waals surface area (Å²) in [5, 5.41) is 0. The van der Waals surface area contributed by atoms with E-state index < -0.39 is 0 Å². The Labute approximate surface area is 148 Å². The monoisotopic (exact) mass is 337 g/mol. The second-order valence-corrected chi connectivity index (χ2v) is 6.24. The van der Waals surface area contributed by atoms with Gasteiger partial charge in [-0.25, -0.2) is 0 Å². The van der Waals surface area contributed by atoms with Gasteiger partial charge in [-0.05, 0) is 42.7 Å². The summed E-state index contributed by atoms with van der Waals surface area (Å²) in [5.74, 6) is 0.807. The molecule has 2 N–H and O–H groups in total. The van der Waals surface area contributed by atoms with Gasteiger partial charge in [0.2, 0.25) is 5.91 Å². The first-order chi connectivity index (χ1) is 12.2. The fraction of sp³-hybridized carbons (Fsp3) is 0.300. The molecule has 1 fully saturated rings. The molecule has 2 heterocycles. The minimum Gasteiger partial charge on any atom is -0.489 e. The standard InChI is InChI=1S/C20H23N3O2/c21-18-4-2-12-23(14-18)20(24)10-7-16-5-8-19(9-6-16)25-15-17-3-1-11-22-13-17/h1,3,5-11,13,18H,2,4,12,14-15,21H2/b10-7+. The highest BCUT2D eigenvalue weighted by atomic mass is 16.5. The maximum Gasteiger partial charge on any atom is 0.246 e. The number of rotatable bonds is 5. The molecule has 0 bridgehead atoms. The van der Waals surface area contributed by atoms with Gasteiger partial charge in [-0.15, -0.1) is 0 Å². The SMILES string of the molecule is NC1CCCN(C(=O)/C=C/c2ccc(OCc3cccnc3)cc2)C1. The Hall–Kier alpha value is -2.66. The second kappa shape index (κ2) is 8.44. The topological polar surface area (TPSA) is 68.5 Å². The summed E-state index contributed by atoms with van der Waals surface area (Å²) in [7, 11) is 0. The van der Waals surface area contributed by atoms with E-state index in [1.807, 2.05) is 47.4 Å². The van der Waals surface area contributed by atoms with Gasteiger partial charge in [0.25, 0.3) is 0 Å². The first-order valence-electron chi connectivity index (χ1n) is 8.55. The van der Waals surface area contributed by atoms with E-state index in [1.54, 1.807) is 18.5 Å². The summed E-state index contributed by atoms with van der Waals surface area (Å²) >= 11 is 0. The Kier molecular flexibility index (Phi) is 5.80. The fourth-order valence-corrected chi connectivity index (χ4v) is 2.81. The van der Waals surface area contributed by atoms with Crippen molar-refractivity contribution in [2.75, 3.05) is 13.1 Å². The van der Waals surface area contributed by atoms with Crippen molar-refractivity contribution < 1.29 is 9.53 Å². The molecule has 1 amide bonds. The molecule has 1 unspecified atom stereocenters. The first-order valence-corrected chi connectivity index (χ1v) is 8.55. The molecule has 0 saturated carbocycles. The molecule has 5 heteroatoms. The van der Waals surface area contributed by atoms with Crippen LogP contribution in [0.2, 0.25) is 0 Å². The normalized spacial score (nSPS) is 17.6. The zero-order valence-corrected chi connectivity index (χ0v) is 14.2. The van der Waals surface area contributed by atoms with Gasteiger partial charge >= 0.3 is 0 Å². The second-order valence-electron chi connectivity index (χ2n) is 6.24. The predicted octanol–water partition coefficient (Wildman–Crippen LogP) is 2.62. The van der Waals surface area contributed by atoms with Crippen LogP contribution >= 0.6 is 0 Å². The van der Waals surface area contributed by atoms with Gasteiger partial charge < -0.3 is 15.4 Å². The predicted molar refractivity (Wildman–Crippen MR) is 97.8 cm³/mol. The lowest BCUT2D eigenvalue weighted by molar-refractivity contribution is -0.127. The van der Waals surface area contributed by atoms with Crippen molar-refractivity contribution in [1.82, 2.24) is 9.88 Å². The van der Waals surface area contributed by atoms with Gasteiger partial charge in [0.1, 0.15) is 12.4 Å². The molecule has 2 aromatic rings. The summed E-state index contributed by atoms with van der Waals surface area (Å²) in [6, 6.07) is 11.6. The average Bonchev–Trinajstić information content (AvgIpc) is 2.66. The third kappa shape index (κ3) is 5.16. The van der Waals surface area contributed by atoms with E-state index in [0.29, 0.717) is 13.2 Å². The van der Waals surface area contributed by atoms with Gasteiger partial charge in [0, 0.05) is 43.2 Å². The molecule has 1 aromatic carbocycles. The molecule has 1 saturated heterocycles. The molecule has 5 nitrogen and oxygen atoms in total. The Morgan fingerprint density at radius 1 is 1.32 bits per heavy atom. The molecule has 3 rings (SSSR count). The molecule has 1 atom stereocenters. The highest BCUT2D eigenvalue weighted by molar-refractivity contribution is 5.91. The van der Waals surface area contributed by atoms with Crippen molar-refractivity contribution in [3.63, 3.8) is 0 Å². The number of piperidine rings is 1. The van der Waals surface area contributed by atoms with Crippen LogP contribution in [0.15, 0.2) is 54.9 Å². The van der Waals surface area contributed by atoms with E-state index >= 15 is 0 Å². The quantitative estimate of drug-likeness (QED) is 0.852. The van der Waals surface area contributed by atoms with E-state index in [4.69, 9.17) is 10.5 Å². The van der Waals surface area contributed by atoms with Crippen LogP contribution in [0.3, 0.4) is 0 Å². The van der Waals surface area contributed by atoms with E-state index in [0.717, 1.165) is 36.3 Å². The molecule has 1 aliphatic rings. The van der Waals surface area contributed by atoms with Gasteiger partial charge in [0.05, 0.1) is 0 Å². The van der Waals surface area contributed by atoms with Crippen LogP contribution < -0.4 is 10.5 Å². The fourth-order valence-electron chi connectivity index (χ4n) is 2.81. The highest BCUT2D eigenvalue weighted by Gasteiger charge is 2.19. The molecule has 1 aliphatic heterocycles. The van der Waals surface area contributed by atoms with Crippen LogP contribution in [0.25, 0.3) is 6.08 Å². The van der Waals surface area contributed by atoms with Crippen LogP contribution in [0.1, 0.15) is 24.0 Å². The number of pyridine rings is 1. The van der Waals surface area contributed by atoms with Crippen molar-refractivity contribution in [1.29, 1.82) is 0 Å². The third-order valence-corrected chi connectivity index (χ3v) is 4.20. The molecule has 1 aromatic heterocycles. The number of carbonyl (C=O) groups is 1. The molecule has 130 valence electrons. The van der Waals surface area contributed by atoms with Crippen LogP contribution in [-0.2, 0) is 11.4 Å². The van der Waals surface area contributed by atoms with E-state index in [9.17, 15) is 4.79 Å². The first kappa shape index (κ1) is 17.2. The molecule has 25 heavy (non-hydrogen) atoms. The van der Waals surface area contributed by atoms with Crippen LogP contribution in [-0.4, -0.2) is 34.9 Å². The summed E-state index contributed by atoms with van der Waals surface area (Å²) in [4.78, 5) is 18.1. The largest absolute Gasteiger partial charge is 0.489 e. The highest BCUT2D eigenvalue weighted by Crippen LogP contribution is 2.15. The number of likely N-dealkylation sites (tertiary alicyclic amines) is 1. The maximum atomic E-state index is 12.2. The maximum absolute atomic E-state index is 12.2. The lowest BCUT2D eigenvalue weighted by atomic mass is 10.1. The van der Waals surface area contributed by atoms with E-state index in [1.165, 1.54) is 0 Å². The Morgan fingerprint density at radius 2 is 2.16 bits per heavy atom. The van der Waals surface area contributed by atoms with Gasteiger partial charge in [-0.1, -0.05) is 18.2 Å². The molecule has 0 radical (unpaired) electrons. The van der Waals surface area contributed by atoms with Crippen molar-refractivity contribution in [3.05, 3.63) is 66.0 Å². The van der Waals surface area contributed by atoms with E-state index in [-0.39, 0.29) is 11.9 Å². The zero-order chi connectivity index (χ0) is 17.5. The average molecular weight is 337 g/mol. The Balaban J connectivity index is 1.52. The van der Waals surface area contributed by atoms with Gasteiger partial charge in [-0.2, -0.15) is 0 Å². The number of amides is 1. The minimum absolute atomic E-state index is 0.0204. The summed E-state index contributed by atoms with van der Waals surface area (Å²) in [6.45, 7) is 1.92. The number of benzene rings is 1. The number of aromatic nitrogens is 1.